The molecule has 104 valence electrons. The molecule has 2 aromatic carbocycles. The lowest BCUT2D eigenvalue weighted by Crippen LogP contribution is -1.95. The van der Waals surface area contributed by atoms with Crippen molar-refractivity contribution in [3.63, 3.8) is 0 Å². The number of benzene rings is 2. The van der Waals surface area contributed by atoms with Gasteiger partial charge in [0.1, 0.15) is 5.82 Å². The van der Waals surface area contributed by atoms with Gasteiger partial charge in [0.25, 0.3) is 5.69 Å². The van der Waals surface area contributed by atoms with Gasteiger partial charge in [-0.25, -0.2) is 4.39 Å². The number of nitro groups is 1. The molecule has 0 saturated carbocycles. The highest BCUT2D eigenvalue weighted by atomic mass is 19.1. The summed E-state index contributed by atoms with van der Waals surface area (Å²) in [6, 6.07) is 11.1. The number of halogens is 1. The Morgan fingerprint density at radius 1 is 1.10 bits per heavy atom. The van der Waals surface area contributed by atoms with Gasteiger partial charge in [0, 0.05) is 17.4 Å². The molecule has 4 nitrogen and oxygen atoms in total. The van der Waals surface area contributed by atoms with E-state index in [9.17, 15) is 14.5 Å². The predicted molar refractivity (Wildman–Crippen MR) is 76.9 cm³/mol. The molecule has 0 amide bonds. The van der Waals surface area contributed by atoms with Crippen molar-refractivity contribution < 1.29 is 9.31 Å². The molecule has 5 heteroatoms. The maximum Gasteiger partial charge on any atom is 0.274 e. The Kier molecular flexibility index (Phi) is 3.98. The fraction of sp³-hybridized carbons (Fsp3) is 0.200. The summed E-state index contributed by atoms with van der Waals surface area (Å²) in [6.07, 6.45) is 0. The average Bonchev–Trinajstić information content (AvgIpc) is 2.38. The van der Waals surface area contributed by atoms with Gasteiger partial charge < -0.3 is 5.32 Å². The van der Waals surface area contributed by atoms with Crippen molar-refractivity contribution in [1.29, 1.82) is 0 Å². The molecule has 1 N–H and O–H groups in total. The first-order chi connectivity index (χ1) is 9.45. The third-order valence-corrected chi connectivity index (χ3v) is 2.96. The Bertz CT molecular complexity index is 624. The third-order valence-electron chi connectivity index (χ3n) is 2.96. The van der Waals surface area contributed by atoms with E-state index in [0.717, 1.165) is 11.8 Å². The van der Waals surface area contributed by atoms with Crippen LogP contribution in [0.15, 0.2) is 42.5 Å². The fourth-order valence-electron chi connectivity index (χ4n) is 1.87. The largest absolute Gasteiger partial charge is 0.355 e. The van der Waals surface area contributed by atoms with Crippen LogP contribution in [0.2, 0.25) is 0 Å². The van der Waals surface area contributed by atoms with E-state index >= 15 is 0 Å². The monoisotopic (exact) mass is 274 g/mol. The topological polar surface area (TPSA) is 55.2 Å². The molecule has 0 aliphatic heterocycles. The van der Waals surface area contributed by atoms with Gasteiger partial charge in [0.15, 0.2) is 0 Å². The van der Waals surface area contributed by atoms with E-state index in [1.807, 2.05) is 24.3 Å². The first-order valence-electron chi connectivity index (χ1n) is 6.27. The van der Waals surface area contributed by atoms with Gasteiger partial charge in [-0.15, -0.1) is 0 Å². The second kappa shape index (κ2) is 5.69. The van der Waals surface area contributed by atoms with Crippen LogP contribution in [0.5, 0.6) is 0 Å². The van der Waals surface area contributed by atoms with Crippen LogP contribution >= 0.6 is 0 Å². The lowest BCUT2D eigenvalue weighted by molar-refractivity contribution is -0.385. The number of rotatable bonds is 4. The molecule has 0 heterocycles. The van der Waals surface area contributed by atoms with Crippen molar-refractivity contribution >= 4 is 17.1 Å². The number of anilines is 2. The van der Waals surface area contributed by atoms with Gasteiger partial charge in [-0.1, -0.05) is 26.0 Å². The summed E-state index contributed by atoms with van der Waals surface area (Å²) >= 11 is 0. The molecule has 2 aromatic rings. The van der Waals surface area contributed by atoms with Crippen LogP contribution in [0.3, 0.4) is 0 Å². The lowest BCUT2D eigenvalue weighted by Gasteiger charge is -2.09. The molecule has 0 aliphatic carbocycles. The number of non-ortho nitro benzene ring substituents is 1. The normalized spacial score (nSPS) is 10.6. The van der Waals surface area contributed by atoms with Crippen molar-refractivity contribution in [1.82, 2.24) is 0 Å². The molecule has 0 radical (unpaired) electrons. The third kappa shape index (κ3) is 3.32. The first kappa shape index (κ1) is 14.0. The van der Waals surface area contributed by atoms with Gasteiger partial charge in [-0.2, -0.15) is 0 Å². The second-order valence-electron chi connectivity index (χ2n) is 4.86. The van der Waals surface area contributed by atoms with Crippen molar-refractivity contribution in [3.8, 4) is 0 Å². The SMILES string of the molecule is CC(C)c1ccc(Nc2cc(F)cc([N+](=O)[O-])c2)cc1. The Labute approximate surface area is 116 Å². The Balaban J connectivity index is 2.23. The van der Waals surface area contributed by atoms with Crippen LogP contribution in [0.4, 0.5) is 21.5 Å². The van der Waals surface area contributed by atoms with Crippen LogP contribution < -0.4 is 5.32 Å². The minimum atomic E-state index is -0.638. The van der Waals surface area contributed by atoms with Gasteiger partial charge in [-0.05, 0) is 29.7 Å². The molecule has 0 unspecified atom stereocenters. The molecule has 0 aliphatic rings. The lowest BCUT2D eigenvalue weighted by atomic mass is 10.0. The summed E-state index contributed by atoms with van der Waals surface area (Å²) in [6.45, 7) is 4.19. The van der Waals surface area contributed by atoms with Crippen molar-refractivity contribution in [2.45, 2.75) is 19.8 Å². The molecule has 2 rings (SSSR count). The number of nitrogens with zero attached hydrogens (tertiary/aromatic N) is 1. The van der Waals surface area contributed by atoms with Crippen LogP contribution in [0.25, 0.3) is 0 Å². The van der Waals surface area contributed by atoms with E-state index in [4.69, 9.17) is 0 Å². The molecule has 0 saturated heterocycles. The highest BCUT2D eigenvalue weighted by Gasteiger charge is 2.10. The van der Waals surface area contributed by atoms with Crippen LogP contribution in [0.1, 0.15) is 25.3 Å². The molecule has 0 bridgehead atoms. The minimum Gasteiger partial charge on any atom is -0.355 e. The molecule has 0 aromatic heterocycles. The number of hydrogen-bond acceptors (Lipinski definition) is 3. The van der Waals surface area contributed by atoms with Crippen molar-refractivity contribution in [2.24, 2.45) is 0 Å². The minimum absolute atomic E-state index is 0.272. The zero-order valence-electron chi connectivity index (χ0n) is 11.3. The van der Waals surface area contributed by atoms with Gasteiger partial charge >= 0.3 is 0 Å². The van der Waals surface area contributed by atoms with E-state index in [0.29, 0.717) is 11.6 Å². The summed E-state index contributed by atoms with van der Waals surface area (Å²) in [4.78, 5) is 10.1. The Morgan fingerprint density at radius 2 is 1.75 bits per heavy atom. The van der Waals surface area contributed by atoms with Gasteiger partial charge in [0.2, 0.25) is 0 Å². The molecular formula is C15H15FN2O2. The standard InChI is InChI=1S/C15H15FN2O2/c1-10(2)11-3-5-13(6-4-11)17-14-7-12(16)8-15(9-14)18(19)20/h3-10,17H,1-2H3. The highest BCUT2D eigenvalue weighted by Crippen LogP contribution is 2.24. The van der Waals surface area contributed by atoms with Gasteiger partial charge in [-0.3, -0.25) is 10.1 Å². The Morgan fingerprint density at radius 3 is 2.30 bits per heavy atom. The summed E-state index contributed by atoms with van der Waals surface area (Å²) in [5, 5.41) is 13.7. The fourth-order valence-corrected chi connectivity index (χ4v) is 1.87. The summed E-state index contributed by atoms with van der Waals surface area (Å²) < 4.78 is 13.3. The van der Waals surface area contributed by atoms with Crippen molar-refractivity contribution in [2.75, 3.05) is 5.32 Å². The molecule has 0 fully saturated rings. The maximum absolute atomic E-state index is 13.3. The summed E-state index contributed by atoms with van der Waals surface area (Å²) in [7, 11) is 0. The van der Waals surface area contributed by atoms with E-state index in [-0.39, 0.29) is 5.69 Å². The molecule has 0 spiro atoms. The first-order valence-corrected chi connectivity index (χ1v) is 6.27. The zero-order chi connectivity index (χ0) is 14.7. The molecule has 0 atom stereocenters. The van der Waals surface area contributed by atoms with Crippen molar-refractivity contribution in [3.05, 3.63) is 64.0 Å². The van der Waals surface area contributed by atoms with E-state index < -0.39 is 10.7 Å². The Hall–Kier alpha value is -2.43. The zero-order valence-corrected chi connectivity index (χ0v) is 11.3. The number of nitro benzene ring substituents is 1. The smallest absolute Gasteiger partial charge is 0.274 e. The van der Waals surface area contributed by atoms with Gasteiger partial charge in [0.05, 0.1) is 11.0 Å². The number of nitrogens with one attached hydrogen (secondary N) is 1. The van der Waals surface area contributed by atoms with Crippen LogP contribution in [-0.4, -0.2) is 4.92 Å². The van der Waals surface area contributed by atoms with Crippen LogP contribution in [-0.2, 0) is 0 Å². The molecule has 20 heavy (non-hydrogen) atoms. The predicted octanol–water partition coefficient (Wildman–Crippen LogP) is 4.60. The quantitative estimate of drug-likeness (QED) is 0.654. The summed E-state index contributed by atoms with van der Waals surface area (Å²) in [5.74, 6) is -0.209. The average molecular weight is 274 g/mol. The van der Waals surface area contributed by atoms with E-state index in [1.165, 1.54) is 17.7 Å². The maximum atomic E-state index is 13.3. The second-order valence-corrected chi connectivity index (χ2v) is 4.86. The van der Waals surface area contributed by atoms with E-state index in [1.54, 1.807) is 0 Å². The molecular weight excluding hydrogens is 259 g/mol. The summed E-state index contributed by atoms with van der Waals surface area (Å²) in [5.41, 5.74) is 2.04. The van der Waals surface area contributed by atoms with Crippen LogP contribution in [0, 0.1) is 15.9 Å². The highest BCUT2D eigenvalue weighted by molar-refractivity contribution is 5.62. The number of hydrogen-bond donors (Lipinski definition) is 1. The van der Waals surface area contributed by atoms with E-state index in [2.05, 4.69) is 19.2 Å².